The quantitative estimate of drug-likeness (QED) is 0.485. The summed E-state index contributed by atoms with van der Waals surface area (Å²) in [6.45, 7) is 15.5. The Hall–Kier alpha value is -1.74. The zero-order valence-electron chi connectivity index (χ0n) is 15.4. The highest BCUT2D eigenvalue weighted by Gasteiger charge is 2.12. The predicted octanol–water partition coefficient (Wildman–Crippen LogP) is 0.397. The highest BCUT2D eigenvalue weighted by Crippen LogP contribution is 2.03. The van der Waals surface area contributed by atoms with Crippen molar-refractivity contribution < 1.29 is 28.9 Å². The lowest BCUT2D eigenvalue weighted by Crippen LogP contribution is -2.38. The molecule has 8 nitrogen and oxygen atoms in total. The van der Waals surface area contributed by atoms with Gasteiger partial charge in [0, 0.05) is 50.9 Å². The SMILES string of the molecule is C=C(CCN1CCOCC1)C(=O)O.C=CC(=O)OCCN1CCOCC1. The van der Waals surface area contributed by atoms with Crippen LogP contribution in [0.1, 0.15) is 6.42 Å². The molecule has 0 bridgehead atoms. The number of carbonyl (C=O) groups excluding carboxylic acids is 1. The van der Waals surface area contributed by atoms with E-state index in [1.165, 1.54) is 6.08 Å². The Kier molecular flexibility index (Phi) is 11.5. The summed E-state index contributed by atoms with van der Waals surface area (Å²) in [5, 5.41) is 8.57. The standard InChI is InChI=1S/2C9H15NO3/c1-8(9(11)12)2-3-10-4-6-13-7-5-10;1-2-9(11)13-8-5-10-3-6-12-7-4-10/h1-7H2,(H,11,12);2H,1,3-8H2. The van der Waals surface area contributed by atoms with Gasteiger partial charge < -0.3 is 19.3 Å². The molecule has 0 atom stereocenters. The minimum absolute atomic E-state index is 0.284. The van der Waals surface area contributed by atoms with Crippen LogP contribution in [0, 0.1) is 0 Å². The van der Waals surface area contributed by atoms with Crippen LogP contribution in [0.25, 0.3) is 0 Å². The Balaban J connectivity index is 0.000000260. The van der Waals surface area contributed by atoms with Gasteiger partial charge >= 0.3 is 11.9 Å². The van der Waals surface area contributed by atoms with E-state index in [1.54, 1.807) is 0 Å². The summed E-state index contributed by atoms with van der Waals surface area (Å²) >= 11 is 0. The smallest absolute Gasteiger partial charge is 0.331 e. The number of carboxylic acid groups (broad SMARTS) is 1. The zero-order valence-corrected chi connectivity index (χ0v) is 15.4. The Morgan fingerprint density at radius 3 is 1.96 bits per heavy atom. The molecule has 2 aliphatic rings. The molecule has 0 saturated carbocycles. The van der Waals surface area contributed by atoms with E-state index in [9.17, 15) is 9.59 Å². The Morgan fingerprint density at radius 2 is 1.50 bits per heavy atom. The average molecular weight is 370 g/mol. The third-order valence-electron chi connectivity index (χ3n) is 4.06. The molecular formula is C18H30N2O6. The number of carboxylic acids is 1. The van der Waals surface area contributed by atoms with E-state index in [2.05, 4.69) is 23.0 Å². The van der Waals surface area contributed by atoms with Crippen molar-refractivity contribution in [3.63, 3.8) is 0 Å². The zero-order chi connectivity index (χ0) is 19.2. The van der Waals surface area contributed by atoms with Gasteiger partial charge in [0.25, 0.3) is 0 Å². The number of ether oxygens (including phenoxy) is 3. The van der Waals surface area contributed by atoms with Gasteiger partial charge in [-0.15, -0.1) is 0 Å². The minimum Gasteiger partial charge on any atom is -0.478 e. The molecule has 2 rings (SSSR count). The van der Waals surface area contributed by atoms with Crippen LogP contribution in [-0.4, -0.2) is 99.1 Å². The molecule has 2 saturated heterocycles. The number of hydrogen-bond acceptors (Lipinski definition) is 7. The Labute approximate surface area is 155 Å². The van der Waals surface area contributed by atoms with Gasteiger partial charge in [0.1, 0.15) is 6.61 Å². The van der Waals surface area contributed by atoms with Gasteiger partial charge in [0.05, 0.1) is 26.4 Å². The van der Waals surface area contributed by atoms with Gasteiger partial charge in [-0.2, -0.15) is 0 Å². The summed E-state index contributed by atoms with van der Waals surface area (Å²) in [6, 6.07) is 0. The van der Waals surface area contributed by atoms with E-state index in [4.69, 9.17) is 19.3 Å². The molecule has 0 aromatic rings. The van der Waals surface area contributed by atoms with Crippen LogP contribution in [0.5, 0.6) is 0 Å². The second-order valence-corrected chi connectivity index (χ2v) is 5.94. The first-order chi connectivity index (χ1) is 12.5. The van der Waals surface area contributed by atoms with Gasteiger partial charge in [0.15, 0.2) is 0 Å². The lowest BCUT2D eigenvalue weighted by atomic mass is 10.2. The fourth-order valence-corrected chi connectivity index (χ4v) is 2.38. The van der Waals surface area contributed by atoms with E-state index in [0.29, 0.717) is 13.0 Å². The predicted molar refractivity (Wildman–Crippen MR) is 97.1 cm³/mol. The van der Waals surface area contributed by atoms with E-state index < -0.39 is 5.97 Å². The van der Waals surface area contributed by atoms with Crippen molar-refractivity contribution in [2.45, 2.75) is 6.42 Å². The van der Waals surface area contributed by atoms with Crippen LogP contribution in [-0.2, 0) is 23.8 Å². The number of carbonyl (C=O) groups is 2. The van der Waals surface area contributed by atoms with Crippen LogP contribution >= 0.6 is 0 Å². The van der Waals surface area contributed by atoms with Crippen molar-refractivity contribution in [3.8, 4) is 0 Å². The third-order valence-corrected chi connectivity index (χ3v) is 4.06. The summed E-state index contributed by atoms with van der Waals surface area (Å²) in [5.41, 5.74) is 0.284. The number of aliphatic carboxylic acids is 1. The van der Waals surface area contributed by atoms with E-state index >= 15 is 0 Å². The average Bonchev–Trinajstić information content (AvgIpc) is 2.68. The minimum atomic E-state index is -0.895. The molecule has 0 unspecified atom stereocenters. The molecule has 0 radical (unpaired) electrons. The number of esters is 1. The van der Waals surface area contributed by atoms with Gasteiger partial charge in [-0.1, -0.05) is 13.2 Å². The summed E-state index contributed by atoms with van der Waals surface area (Å²) in [6.07, 6.45) is 1.72. The van der Waals surface area contributed by atoms with Crippen molar-refractivity contribution in [1.82, 2.24) is 9.80 Å². The second-order valence-electron chi connectivity index (χ2n) is 5.94. The lowest BCUT2D eigenvalue weighted by molar-refractivity contribution is -0.138. The van der Waals surface area contributed by atoms with Crippen LogP contribution in [0.3, 0.4) is 0 Å². The first-order valence-corrected chi connectivity index (χ1v) is 8.83. The molecule has 2 fully saturated rings. The lowest BCUT2D eigenvalue weighted by Gasteiger charge is -2.26. The molecular weight excluding hydrogens is 340 g/mol. The van der Waals surface area contributed by atoms with Crippen LogP contribution < -0.4 is 0 Å². The monoisotopic (exact) mass is 370 g/mol. The maximum absolute atomic E-state index is 10.7. The van der Waals surface area contributed by atoms with Crippen LogP contribution in [0.15, 0.2) is 24.8 Å². The third kappa shape index (κ3) is 10.3. The first-order valence-electron chi connectivity index (χ1n) is 8.83. The van der Waals surface area contributed by atoms with Gasteiger partial charge in [-0.25, -0.2) is 9.59 Å². The van der Waals surface area contributed by atoms with Crippen LogP contribution in [0.2, 0.25) is 0 Å². The van der Waals surface area contributed by atoms with E-state index in [1.807, 2.05) is 0 Å². The molecule has 0 aliphatic carbocycles. The molecule has 26 heavy (non-hydrogen) atoms. The molecule has 0 spiro atoms. The molecule has 0 aromatic heterocycles. The van der Waals surface area contributed by atoms with Gasteiger partial charge in [0.2, 0.25) is 0 Å². The molecule has 8 heteroatoms. The van der Waals surface area contributed by atoms with Crippen molar-refractivity contribution in [3.05, 3.63) is 24.8 Å². The highest BCUT2D eigenvalue weighted by molar-refractivity contribution is 5.85. The normalized spacial score (nSPS) is 18.3. The summed E-state index contributed by atoms with van der Waals surface area (Å²) in [5.74, 6) is -1.25. The van der Waals surface area contributed by atoms with Crippen molar-refractivity contribution in [2.75, 3.05) is 72.3 Å². The molecule has 0 amide bonds. The van der Waals surface area contributed by atoms with E-state index in [0.717, 1.165) is 65.7 Å². The summed E-state index contributed by atoms with van der Waals surface area (Å²) in [4.78, 5) is 25.5. The molecule has 2 aliphatic heterocycles. The maximum Gasteiger partial charge on any atom is 0.331 e. The van der Waals surface area contributed by atoms with Crippen molar-refractivity contribution >= 4 is 11.9 Å². The summed E-state index contributed by atoms with van der Waals surface area (Å²) < 4.78 is 15.2. The molecule has 1 N–H and O–H groups in total. The van der Waals surface area contributed by atoms with E-state index in [-0.39, 0.29) is 11.5 Å². The fraction of sp³-hybridized carbons (Fsp3) is 0.667. The first kappa shape index (κ1) is 22.3. The topological polar surface area (TPSA) is 88.5 Å². The Bertz CT molecular complexity index is 455. The molecule has 148 valence electrons. The van der Waals surface area contributed by atoms with Gasteiger partial charge in [-0.05, 0) is 6.42 Å². The molecule has 2 heterocycles. The van der Waals surface area contributed by atoms with Crippen molar-refractivity contribution in [2.24, 2.45) is 0 Å². The molecule has 0 aromatic carbocycles. The number of nitrogens with zero attached hydrogens (tertiary/aromatic N) is 2. The van der Waals surface area contributed by atoms with Gasteiger partial charge in [-0.3, -0.25) is 9.80 Å². The largest absolute Gasteiger partial charge is 0.478 e. The fourth-order valence-electron chi connectivity index (χ4n) is 2.38. The highest BCUT2D eigenvalue weighted by atomic mass is 16.5. The number of hydrogen-bond donors (Lipinski definition) is 1. The maximum atomic E-state index is 10.7. The Morgan fingerprint density at radius 1 is 1.00 bits per heavy atom. The van der Waals surface area contributed by atoms with Crippen molar-refractivity contribution in [1.29, 1.82) is 0 Å². The number of rotatable bonds is 8. The summed E-state index contributed by atoms with van der Waals surface area (Å²) in [7, 11) is 0. The number of morpholine rings is 2. The van der Waals surface area contributed by atoms with Crippen LogP contribution in [0.4, 0.5) is 0 Å². The second kappa shape index (κ2) is 13.5.